The number of alkyl halides is 3. The first-order valence-corrected chi connectivity index (χ1v) is 9.24. The Morgan fingerprint density at radius 1 is 1.04 bits per heavy atom. The molecule has 1 aromatic heterocycles. The number of nitrogens with zero attached hydrogens (tertiary/aromatic N) is 2. The van der Waals surface area contributed by atoms with Crippen LogP contribution in [-0.2, 0) is 11.9 Å². The van der Waals surface area contributed by atoms with Crippen molar-refractivity contribution in [3.05, 3.63) is 76.4 Å². The molecule has 8 heteroatoms. The lowest BCUT2D eigenvalue weighted by Crippen LogP contribution is -2.10. The number of hydrogen-bond donors (Lipinski definition) is 0. The molecule has 0 saturated heterocycles. The molecule has 3 aromatic rings. The highest BCUT2D eigenvalue weighted by Gasteiger charge is 2.34. The molecule has 0 atom stereocenters. The molecule has 0 N–H and O–H groups in total. The highest BCUT2D eigenvalue weighted by Crippen LogP contribution is 2.33. The number of ether oxygens (including phenoxy) is 1. The molecular formula is C19H14ClF3N2OS. The molecule has 140 valence electrons. The van der Waals surface area contributed by atoms with Crippen LogP contribution in [0.1, 0.15) is 16.8 Å². The Morgan fingerprint density at radius 2 is 1.78 bits per heavy atom. The summed E-state index contributed by atoms with van der Waals surface area (Å²) in [7, 11) is 0. The van der Waals surface area contributed by atoms with E-state index in [4.69, 9.17) is 16.3 Å². The minimum atomic E-state index is -4.60. The Kier molecular flexibility index (Phi) is 5.92. The number of benzene rings is 2. The Morgan fingerprint density at radius 3 is 2.44 bits per heavy atom. The fourth-order valence-corrected chi connectivity index (χ4v) is 3.14. The van der Waals surface area contributed by atoms with Gasteiger partial charge in [-0.2, -0.15) is 18.2 Å². The van der Waals surface area contributed by atoms with Crippen molar-refractivity contribution in [1.82, 2.24) is 9.97 Å². The van der Waals surface area contributed by atoms with Gasteiger partial charge < -0.3 is 4.74 Å². The second-order valence-electron chi connectivity index (χ2n) is 5.71. The van der Waals surface area contributed by atoms with Crippen LogP contribution in [0.3, 0.4) is 0 Å². The summed E-state index contributed by atoms with van der Waals surface area (Å²) >= 11 is 6.99. The predicted molar refractivity (Wildman–Crippen MR) is 99.3 cm³/mol. The molecule has 1 heterocycles. The largest absolute Gasteiger partial charge is 0.439 e. The molecule has 0 spiro atoms. The van der Waals surface area contributed by atoms with Gasteiger partial charge in [0.15, 0.2) is 10.9 Å². The van der Waals surface area contributed by atoms with Gasteiger partial charge in [-0.3, -0.25) is 0 Å². The average molecular weight is 411 g/mol. The zero-order valence-corrected chi connectivity index (χ0v) is 15.7. The molecule has 0 bridgehead atoms. The summed E-state index contributed by atoms with van der Waals surface area (Å²) in [6.45, 7) is 1.96. The molecule has 0 radical (unpaired) electrons. The SMILES string of the molecule is Cc1ccc(CSc2nc(Oc3cccc(Cl)c3)cc(C(F)(F)F)n2)cc1. The van der Waals surface area contributed by atoms with E-state index >= 15 is 0 Å². The summed E-state index contributed by atoms with van der Waals surface area (Å²) in [5.41, 5.74) is 1.01. The van der Waals surface area contributed by atoms with Crippen molar-refractivity contribution in [2.24, 2.45) is 0 Å². The normalized spacial score (nSPS) is 11.4. The van der Waals surface area contributed by atoms with Crippen LogP contribution >= 0.6 is 23.4 Å². The number of halogens is 4. The Bertz CT molecular complexity index is 933. The van der Waals surface area contributed by atoms with Gasteiger partial charge in [-0.05, 0) is 30.7 Å². The lowest BCUT2D eigenvalue weighted by Gasteiger charge is -2.11. The molecule has 0 aliphatic heterocycles. The average Bonchev–Trinajstić information content (AvgIpc) is 2.60. The second-order valence-corrected chi connectivity index (χ2v) is 7.08. The number of aromatic nitrogens is 2. The van der Waals surface area contributed by atoms with Crippen LogP contribution in [0, 0.1) is 6.92 Å². The van der Waals surface area contributed by atoms with Crippen LogP contribution < -0.4 is 4.74 Å². The van der Waals surface area contributed by atoms with Gasteiger partial charge >= 0.3 is 6.18 Å². The van der Waals surface area contributed by atoms with Crippen LogP contribution in [0.15, 0.2) is 59.8 Å². The van der Waals surface area contributed by atoms with E-state index in [1.807, 2.05) is 31.2 Å². The molecule has 0 fully saturated rings. The van der Waals surface area contributed by atoms with E-state index < -0.39 is 11.9 Å². The predicted octanol–water partition coefficient (Wildman–Crippen LogP) is 6.54. The number of aryl methyl sites for hydroxylation is 1. The number of thioether (sulfide) groups is 1. The van der Waals surface area contributed by atoms with Crippen molar-refractivity contribution in [3.63, 3.8) is 0 Å². The van der Waals surface area contributed by atoms with Gasteiger partial charge in [0.2, 0.25) is 5.88 Å². The molecule has 0 unspecified atom stereocenters. The maximum Gasteiger partial charge on any atom is 0.433 e. The van der Waals surface area contributed by atoms with Crippen molar-refractivity contribution in [2.75, 3.05) is 0 Å². The van der Waals surface area contributed by atoms with Gasteiger partial charge in [0.1, 0.15) is 5.75 Å². The highest BCUT2D eigenvalue weighted by atomic mass is 35.5. The first-order chi connectivity index (χ1) is 12.8. The molecule has 2 aromatic carbocycles. The maximum absolute atomic E-state index is 13.2. The number of hydrogen-bond acceptors (Lipinski definition) is 4. The quantitative estimate of drug-likeness (QED) is 0.353. The molecule has 0 aliphatic carbocycles. The van der Waals surface area contributed by atoms with Crippen LogP contribution in [0.5, 0.6) is 11.6 Å². The van der Waals surface area contributed by atoms with Crippen molar-refractivity contribution in [1.29, 1.82) is 0 Å². The van der Waals surface area contributed by atoms with E-state index in [0.717, 1.165) is 29.0 Å². The van der Waals surface area contributed by atoms with Gasteiger partial charge in [-0.25, -0.2) is 4.98 Å². The lowest BCUT2D eigenvalue weighted by atomic mass is 10.2. The fraction of sp³-hybridized carbons (Fsp3) is 0.158. The fourth-order valence-electron chi connectivity index (χ4n) is 2.15. The summed E-state index contributed by atoms with van der Waals surface area (Å²) in [5.74, 6) is 0.549. The van der Waals surface area contributed by atoms with Crippen molar-refractivity contribution in [2.45, 2.75) is 24.0 Å². The van der Waals surface area contributed by atoms with E-state index in [-0.39, 0.29) is 11.0 Å². The molecular weight excluding hydrogens is 397 g/mol. The van der Waals surface area contributed by atoms with Gasteiger partial charge in [0, 0.05) is 16.8 Å². The molecule has 0 saturated carbocycles. The summed E-state index contributed by atoms with van der Waals surface area (Å²) in [6.07, 6.45) is -4.60. The third-order valence-corrected chi connectivity index (χ3v) is 4.63. The summed E-state index contributed by atoms with van der Waals surface area (Å²) in [6, 6.07) is 14.8. The van der Waals surface area contributed by atoms with Crippen LogP contribution in [0.25, 0.3) is 0 Å². The van der Waals surface area contributed by atoms with Crippen molar-refractivity contribution < 1.29 is 17.9 Å². The van der Waals surface area contributed by atoms with Crippen LogP contribution in [-0.4, -0.2) is 9.97 Å². The zero-order valence-electron chi connectivity index (χ0n) is 14.1. The monoisotopic (exact) mass is 410 g/mol. The van der Waals surface area contributed by atoms with E-state index in [2.05, 4.69) is 9.97 Å². The second kappa shape index (κ2) is 8.19. The van der Waals surface area contributed by atoms with Crippen LogP contribution in [0.2, 0.25) is 5.02 Å². The lowest BCUT2D eigenvalue weighted by molar-refractivity contribution is -0.141. The van der Waals surface area contributed by atoms with E-state index in [9.17, 15) is 13.2 Å². The smallest absolute Gasteiger partial charge is 0.433 e. The molecule has 3 nitrogen and oxygen atoms in total. The van der Waals surface area contributed by atoms with E-state index in [1.54, 1.807) is 18.2 Å². The standard InChI is InChI=1S/C19H14ClF3N2OS/c1-12-5-7-13(8-6-12)11-27-18-24-16(19(21,22)23)10-17(25-18)26-15-4-2-3-14(20)9-15/h2-10H,11H2,1H3. The van der Waals surface area contributed by atoms with Gasteiger partial charge in [-0.15, -0.1) is 0 Å². The van der Waals surface area contributed by atoms with Gasteiger partial charge in [0.05, 0.1) is 0 Å². The zero-order chi connectivity index (χ0) is 19.4. The van der Waals surface area contributed by atoms with Crippen molar-refractivity contribution in [3.8, 4) is 11.6 Å². The minimum Gasteiger partial charge on any atom is -0.439 e. The summed E-state index contributed by atoms with van der Waals surface area (Å²) in [4.78, 5) is 7.71. The Labute approximate surface area is 163 Å². The first-order valence-electron chi connectivity index (χ1n) is 7.88. The first kappa shape index (κ1) is 19.5. The summed E-state index contributed by atoms with van der Waals surface area (Å²) < 4.78 is 45.0. The van der Waals surface area contributed by atoms with Crippen molar-refractivity contribution >= 4 is 23.4 Å². The molecule has 0 amide bonds. The van der Waals surface area contributed by atoms with Gasteiger partial charge in [0.25, 0.3) is 0 Å². The third-order valence-electron chi connectivity index (χ3n) is 3.48. The maximum atomic E-state index is 13.2. The van der Waals surface area contributed by atoms with E-state index in [1.165, 1.54) is 6.07 Å². The topological polar surface area (TPSA) is 35.0 Å². The Hall–Kier alpha value is -2.25. The van der Waals surface area contributed by atoms with Crippen LogP contribution in [0.4, 0.5) is 13.2 Å². The van der Waals surface area contributed by atoms with Gasteiger partial charge in [-0.1, -0.05) is 59.3 Å². The summed E-state index contributed by atoms with van der Waals surface area (Å²) in [5, 5.41) is 0.397. The highest BCUT2D eigenvalue weighted by molar-refractivity contribution is 7.98. The third kappa shape index (κ3) is 5.61. The minimum absolute atomic E-state index is 0.0116. The van der Waals surface area contributed by atoms with E-state index in [0.29, 0.717) is 16.5 Å². The molecule has 27 heavy (non-hydrogen) atoms. The molecule has 3 rings (SSSR count). The number of rotatable bonds is 5. The Balaban J connectivity index is 1.85. The molecule has 0 aliphatic rings.